The van der Waals surface area contributed by atoms with Crippen LogP contribution in [0, 0.1) is 0 Å². The van der Waals surface area contributed by atoms with E-state index in [1.807, 2.05) is 0 Å². The third kappa shape index (κ3) is 4.42. The Balaban J connectivity index is 2.89. The Morgan fingerprint density at radius 2 is 1.90 bits per heavy atom. The standard InChI is InChI=1S/C13H17ClN2O5/c1-4-8(12(17)18)15-13(19)16-9-5-7(14)10(20-2)6-11(9)21-3/h5-6,8H,4H2,1-3H3,(H,17,18)(H2,15,16,19)/t8-/m0/s1. The van der Waals surface area contributed by atoms with Gasteiger partial charge in [-0.3, -0.25) is 0 Å². The molecule has 0 fully saturated rings. The van der Waals surface area contributed by atoms with E-state index in [0.717, 1.165) is 0 Å². The molecule has 1 aromatic carbocycles. The number of carbonyl (C=O) groups excluding carboxylic acids is 1. The van der Waals surface area contributed by atoms with E-state index in [0.29, 0.717) is 22.2 Å². The van der Waals surface area contributed by atoms with E-state index in [2.05, 4.69) is 10.6 Å². The number of carboxylic acids is 1. The highest BCUT2D eigenvalue weighted by Crippen LogP contribution is 2.35. The van der Waals surface area contributed by atoms with Gasteiger partial charge in [0.25, 0.3) is 0 Å². The summed E-state index contributed by atoms with van der Waals surface area (Å²) >= 11 is 5.98. The van der Waals surface area contributed by atoms with Crippen molar-refractivity contribution in [3.8, 4) is 11.5 Å². The number of hydrogen-bond acceptors (Lipinski definition) is 4. The number of hydrogen-bond donors (Lipinski definition) is 3. The van der Waals surface area contributed by atoms with Crippen LogP contribution in [0.3, 0.4) is 0 Å². The van der Waals surface area contributed by atoms with Gasteiger partial charge in [0.2, 0.25) is 0 Å². The average molecular weight is 317 g/mol. The first-order valence-corrected chi connectivity index (χ1v) is 6.52. The summed E-state index contributed by atoms with van der Waals surface area (Å²) in [6.07, 6.45) is 0.267. The van der Waals surface area contributed by atoms with Gasteiger partial charge in [0, 0.05) is 6.07 Å². The van der Waals surface area contributed by atoms with Crippen LogP contribution in [0.5, 0.6) is 11.5 Å². The third-order valence-electron chi connectivity index (χ3n) is 2.73. The molecule has 0 aromatic heterocycles. The number of ether oxygens (including phenoxy) is 2. The van der Waals surface area contributed by atoms with Crippen molar-refractivity contribution in [2.45, 2.75) is 19.4 Å². The molecule has 0 radical (unpaired) electrons. The van der Waals surface area contributed by atoms with Crippen molar-refractivity contribution in [1.29, 1.82) is 0 Å². The molecule has 0 aliphatic carbocycles. The van der Waals surface area contributed by atoms with Crippen LogP contribution >= 0.6 is 11.6 Å². The monoisotopic (exact) mass is 316 g/mol. The van der Waals surface area contributed by atoms with Crippen LogP contribution in [0.25, 0.3) is 0 Å². The number of rotatable bonds is 6. The molecule has 1 atom stereocenters. The second kappa shape index (κ2) is 7.58. The van der Waals surface area contributed by atoms with Crippen LogP contribution in [0.4, 0.5) is 10.5 Å². The smallest absolute Gasteiger partial charge is 0.326 e. The van der Waals surface area contributed by atoms with E-state index < -0.39 is 18.0 Å². The summed E-state index contributed by atoms with van der Waals surface area (Å²) < 4.78 is 10.2. The summed E-state index contributed by atoms with van der Waals surface area (Å²) in [5, 5.41) is 14.0. The molecule has 0 heterocycles. The van der Waals surface area contributed by atoms with Crippen molar-refractivity contribution in [1.82, 2.24) is 5.32 Å². The zero-order chi connectivity index (χ0) is 16.0. The minimum Gasteiger partial charge on any atom is -0.495 e. The summed E-state index contributed by atoms with van der Waals surface area (Å²) in [7, 11) is 2.89. The highest BCUT2D eigenvalue weighted by molar-refractivity contribution is 6.32. The molecule has 0 saturated carbocycles. The molecule has 116 valence electrons. The Kier molecular flexibility index (Phi) is 6.10. The predicted molar refractivity (Wildman–Crippen MR) is 78.4 cm³/mol. The average Bonchev–Trinajstić information content (AvgIpc) is 2.44. The van der Waals surface area contributed by atoms with Gasteiger partial charge in [-0.2, -0.15) is 0 Å². The molecule has 8 heteroatoms. The fourth-order valence-corrected chi connectivity index (χ4v) is 1.85. The van der Waals surface area contributed by atoms with Gasteiger partial charge in [-0.25, -0.2) is 9.59 Å². The quantitative estimate of drug-likeness (QED) is 0.748. The van der Waals surface area contributed by atoms with Gasteiger partial charge in [0.15, 0.2) is 0 Å². The zero-order valence-electron chi connectivity index (χ0n) is 11.9. The number of aliphatic carboxylic acids is 1. The molecule has 1 rings (SSSR count). The molecule has 0 unspecified atom stereocenters. The molecule has 1 aromatic rings. The van der Waals surface area contributed by atoms with Crippen molar-refractivity contribution in [2.24, 2.45) is 0 Å². The van der Waals surface area contributed by atoms with Crippen molar-refractivity contribution in [2.75, 3.05) is 19.5 Å². The second-order valence-corrected chi connectivity index (χ2v) is 4.49. The Morgan fingerprint density at radius 3 is 2.38 bits per heavy atom. The first kappa shape index (κ1) is 16.9. The number of carboxylic acid groups (broad SMARTS) is 1. The summed E-state index contributed by atoms with van der Waals surface area (Å²) in [6, 6.07) is 1.35. The van der Waals surface area contributed by atoms with Crippen molar-refractivity contribution in [3.05, 3.63) is 17.2 Å². The highest BCUT2D eigenvalue weighted by Gasteiger charge is 2.19. The lowest BCUT2D eigenvalue weighted by molar-refractivity contribution is -0.139. The van der Waals surface area contributed by atoms with E-state index in [1.165, 1.54) is 26.4 Å². The maximum Gasteiger partial charge on any atom is 0.326 e. The van der Waals surface area contributed by atoms with E-state index in [9.17, 15) is 9.59 Å². The van der Waals surface area contributed by atoms with Crippen molar-refractivity contribution in [3.63, 3.8) is 0 Å². The van der Waals surface area contributed by atoms with Gasteiger partial charge in [0.1, 0.15) is 17.5 Å². The van der Waals surface area contributed by atoms with Gasteiger partial charge >= 0.3 is 12.0 Å². The summed E-state index contributed by atoms with van der Waals surface area (Å²) in [6.45, 7) is 1.66. The minimum atomic E-state index is -1.10. The van der Waals surface area contributed by atoms with Crippen molar-refractivity contribution < 1.29 is 24.2 Å². The molecule has 2 amide bonds. The van der Waals surface area contributed by atoms with Crippen LogP contribution in [0.1, 0.15) is 13.3 Å². The molecule has 21 heavy (non-hydrogen) atoms. The van der Waals surface area contributed by atoms with Gasteiger partial charge in [-0.1, -0.05) is 18.5 Å². The Morgan fingerprint density at radius 1 is 1.29 bits per heavy atom. The normalized spacial score (nSPS) is 11.4. The maximum atomic E-state index is 11.8. The van der Waals surface area contributed by atoms with Crippen molar-refractivity contribution >= 4 is 29.3 Å². The fraction of sp³-hybridized carbons (Fsp3) is 0.385. The maximum absolute atomic E-state index is 11.8. The first-order valence-electron chi connectivity index (χ1n) is 6.14. The Hall–Kier alpha value is -2.15. The number of benzene rings is 1. The van der Waals surface area contributed by atoms with Crippen LogP contribution < -0.4 is 20.1 Å². The molecule has 0 aliphatic heterocycles. The van der Waals surface area contributed by atoms with Gasteiger partial charge < -0.3 is 25.2 Å². The first-order chi connectivity index (χ1) is 9.92. The van der Waals surface area contributed by atoms with E-state index in [1.54, 1.807) is 6.92 Å². The molecule has 0 spiro atoms. The van der Waals surface area contributed by atoms with Crippen LogP contribution in [-0.4, -0.2) is 37.4 Å². The number of halogens is 1. The third-order valence-corrected chi connectivity index (χ3v) is 3.03. The summed E-state index contributed by atoms with van der Waals surface area (Å²) in [5.41, 5.74) is 0.307. The Bertz CT molecular complexity index is 536. The zero-order valence-corrected chi connectivity index (χ0v) is 12.7. The topological polar surface area (TPSA) is 96.9 Å². The number of urea groups is 1. The Labute approximate surface area is 127 Å². The number of amides is 2. The van der Waals surface area contributed by atoms with E-state index in [4.69, 9.17) is 26.2 Å². The fourth-order valence-electron chi connectivity index (χ4n) is 1.61. The lowest BCUT2D eigenvalue weighted by atomic mass is 10.2. The molecular weight excluding hydrogens is 300 g/mol. The number of methoxy groups -OCH3 is 2. The minimum absolute atomic E-state index is 0.267. The molecule has 3 N–H and O–H groups in total. The molecule has 0 bridgehead atoms. The number of anilines is 1. The lowest BCUT2D eigenvalue weighted by Gasteiger charge is -2.16. The number of nitrogens with one attached hydrogen (secondary N) is 2. The predicted octanol–water partition coefficient (Wildman–Crippen LogP) is 2.34. The van der Waals surface area contributed by atoms with E-state index >= 15 is 0 Å². The summed E-state index contributed by atoms with van der Waals surface area (Å²) in [4.78, 5) is 22.7. The number of carbonyl (C=O) groups is 2. The second-order valence-electron chi connectivity index (χ2n) is 4.08. The van der Waals surface area contributed by atoms with Crippen LogP contribution in [0.2, 0.25) is 5.02 Å². The van der Waals surface area contributed by atoms with Gasteiger partial charge in [-0.05, 0) is 12.5 Å². The van der Waals surface area contributed by atoms with Crippen LogP contribution in [0.15, 0.2) is 12.1 Å². The van der Waals surface area contributed by atoms with Gasteiger partial charge in [-0.15, -0.1) is 0 Å². The van der Waals surface area contributed by atoms with E-state index in [-0.39, 0.29) is 6.42 Å². The van der Waals surface area contributed by atoms with Gasteiger partial charge in [0.05, 0.1) is 24.9 Å². The largest absolute Gasteiger partial charge is 0.495 e. The molecule has 0 aliphatic rings. The molecule has 0 saturated heterocycles. The van der Waals surface area contributed by atoms with Crippen LogP contribution in [-0.2, 0) is 4.79 Å². The summed E-state index contributed by atoms with van der Waals surface area (Å²) in [5.74, 6) is -0.362. The lowest BCUT2D eigenvalue weighted by Crippen LogP contribution is -2.42. The SMILES string of the molecule is CC[C@H](NC(=O)Nc1cc(Cl)c(OC)cc1OC)C(=O)O. The molecule has 7 nitrogen and oxygen atoms in total. The molecular formula is C13H17ClN2O5. The highest BCUT2D eigenvalue weighted by atomic mass is 35.5.